The smallest absolute Gasteiger partial charge is 0.335 e. The van der Waals surface area contributed by atoms with Gasteiger partial charge in [-0.1, -0.05) is 25.0 Å². The molecule has 96 valence electrons. The zero-order valence-electron chi connectivity index (χ0n) is 10.4. The Kier molecular flexibility index (Phi) is 4.34. The number of nitrogens with zero attached hydrogens (tertiary/aromatic N) is 2. The van der Waals surface area contributed by atoms with E-state index in [1.165, 1.54) is 25.7 Å². The molecule has 18 heavy (non-hydrogen) atoms. The fourth-order valence-corrected chi connectivity index (χ4v) is 2.03. The predicted octanol–water partition coefficient (Wildman–Crippen LogP) is 2.59. The van der Waals surface area contributed by atoms with Crippen molar-refractivity contribution in [1.82, 2.24) is 5.01 Å². The highest BCUT2D eigenvalue weighted by atomic mass is 16.4. The molecule has 2 rings (SSSR count). The molecule has 1 aliphatic rings. The molecule has 0 aromatic heterocycles. The number of benzene rings is 1. The molecule has 4 heteroatoms. The second kappa shape index (κ2) is 6.19. The largest absolute Gasteiger partial charge is 0.478 e. The van der Waals surface area contributed by atoms with E-state index in [9.17, 15) is 4.79 Å². The summed E-state index contributed by atoms with van der Waals surface area (Å²) in [5.74, 6) is -0.897. The van der Waals surface area contributed by atoms with E-state index < -0.39 is 5.97 Å². The summed E-state index contributed by atoms with van der Waals surface area (Å²) in [7, 11) is 0. The van der Waals surface area contributed by atoms with Gasteiger partial charge >= 0.3 is 5.97 Å². The molecule has 0 bridgehead atoms. The number of carbonyl (C=O) groups is 1. The van der Waals surface area contributed by atoms with E-state index in [-0.39, 0.29) is 0 Å². The maximum Gasteiger partial charge on any atom is 0.335 e. The summed E-state index contributed by atoms with van der Waals surface area (Å²) in [6.45, 7) is 2.04. The van der Waals surface area contributed by atoms with Crippen LogP contribution in [0.25, 0.3) is 0 Å². The second-order valence-electron chi connectivity index (χ2n) is 4.54. The number of rotatable bonds is 3. The minimum absolute atomic E-state index is 0.307. The van der Waals surface area contributed by atoms with E-state index in [0.29, 0.717) is 5.56 Å². The van der Waals surface area contributed by atoms with Crippen LogP contribution in [-0.4, -0.2) is 35.4 Å². The lowest BCUT2D eigenvalue weighted by Gasteiger charge is -2.15. The van der Waals surface area contributed by atoms with Crippen molar-refractivity contribution in [2.24, 2.45) is 5.10 Å². The molecule has 0 amide bonds. The molecule has 1 aromatic carbocycles. The van der Waals surface area contributed by atoms with Crippen molar-refractivity contribution in [3.8, 4) is 0 Å². The van der Waals surface area contributed by atoms with E-state index in [1.54, 1.807) is 30.5 Å². The normalized spacial score (nSPS) is 16.8. The van der Waals surface area contributed by atoms with Gasteiger partial charge in [-0.25, -0.2) is 4.79 Å². The lowest BCUT2D eigenvalue weighted by Crippen LogP contribution is -2.18. The highest BCUT2D eigenvalue weighted by Gasteiger charge is 2.05. The van der Waals surface area contributed by atoms with E-state index >= 15 is 0 Å². The first-order valence-electron chi connectivity index (χ1n) is 6.38. The predicted molar refractivity (Wildman–Crippen MR) is 71.0 cm³/mol. The van der Waals surface area contributed by atoms with Gasteiger partial charge in [0.1, 0.15) is 0 Å². The average molecular weight is 246 g/mol. The van der Waals surface area contributed by atoms with Crippen LogP contribution in [0.15, 0.2) is 29.4 Å². The Morgan fingerprint density at radius 1 is 1.11 bits per heavy atom. The summed E-state index contributed by atoms with van der Waals surface area (Å²) in [6.07, 6.45) is 6.79. The number of aromatic carboxylic acids is 1. The first kappa shape index (κ1) is 12.6. The van der Waals surface area contributed by atoms with Crippen molar-refractivity contribution in [3.63, 3.8) is 0 Å². The van der Waals surface area contributed by atoms with Gasteiger partial charge in [0.05, 0.1) is 11.8 Å². The molecule has 1 saturated heterocycles. The summed E-state index contributed by atoms with van der Waals surface area (Å²) in [6, 6.07) is 6.77. The van der Waals surface area contributed by atoms with E-state index in [1.807, 2.05) is 0 Å². The summed E-state index contributed by atoms with van der Waals surface area (Å²) < 4.78 is 0. The maximum atomic E-state index is 10.7. The van der Waals surface area contributed by atoms with E-state index in [0.717, 1.165) is 18.7 Å². The zero-order valence-corrected chi connectivity index (χ0v) is 10.4. The quantitative estimate of drug-likeness (QED) is 0.834. The number of hydrogen-bond donors (Lipinski definition) is 1. The van der Waals surface area contributed by atoms with Gasteiger partial charge in [-0.05, 0) is 30.5 Å². The van der Waals surface area contributed by atoms with Gasteiger partial charge in [-0.15, -0.1) is 0 Å². The van der Waals surface area contributed by atoms with Crippen molar-refractivity contribution in [3.05, 3.63) is 35.4 Å². The van der Waals surface area contributed by atoms with E-state index in [4.69, 9.17) is 5.11 Å². The van der Waals surface area contributed by atoms with Crippen LogP contribution in [0.1, 0.15) is 41.6 Å². The Labute approximate surface area is 107 Å². The zero-order chi connectivity index (χ0) is 12.8. The summed E-state index contributed by atoms with van der Waals surface area (Å²) >= 11 is 0. The van der Waals surface area contributed by atoms with Crippen molar-refractivity contribution < 1.29 is 9.90 Å². The standard InChI is InChI=1S/C14H18N2O2/c17-14(18)13-7-5-12(6-8-13)11-15-16-9-3-1-2-4-10-16/h5-8,11H,1-4,9-10H2,(H,17,18)/b15-11+. The van der Waals surface area contributed by atoms with Crippen molar-refractivity contribution in [1.29, 1.82) is 0 Å². The van der Waals surface area contributed by atoms with Crippen LogP contribution in [0.3, 0.4) is 0 Å². The molecular formula is C14H18N2O2. The van der Waals surface area contributed by atoms with Crippen LogP contribution >= 0.6 is 0 Å². The van der Waals surface area contributed by atoms with Crippen LogP contribution in [0, 0.1) is 0 Å². The van der Waals surface area contributed by atoms with Crippen molar-refractivity contribution in [2.75, 3.05) is 13.1 Å². The molecule has 4 nitrogen and oxygen atoms in total. The van der Waals surface area contributed by atoms with Crippen LogP contribution in [0.4, 0.5) is 0 Å². The fraction of sp³-hybridized carbons (Fsp3) is 0.429. The van der Waals surface area contributed by atoms with Crippen LogP contribution in [-0.2, 0) is 0 Å². The highest BCUT2D eigenvalue weighted by Crippen LogP contribution is 2.10. The molecule has 0 unspecified atom stereocenters. The number of hydrazone groups is 1. The van der Waals surface area contributed by atoms with Crippen LogP contribution in [0.5, 0.6) is 0 Å². The third-order valence-corrected chi connectivity index (χ3v) is 3.11. The minimum Gasteiger partial charge on any atom is -0.478 e. The van der Waals surface area contributed by atoms with Crippen LogP contribution in [0.2, 0.25) is 0 Å². The Bertz CT molecular complexity index is 418. The molecule has 0 aliphatic carbocycles. The third kappa shape index (κ3) is 3.58. The lowest BCUT2D eigenvalue weighted by molar-refractivity contribution is 0.0697. The highest BCUT2D eigenvalue weighted by molar-refractivity contribution is 5.89. The topological polar surface area (TPSA) is 52.9 Å². The number of hydrogen-bond acceptors (Lipinski definition) is 3. The molecule has 0 saturated carbocycles. The Morgan fingerprint density at radius 2 is 1.72 bits per heavy atom. The summed E-state index contributed by atoms with van der Waals surface area (Å²) in [5, 5.41) is 15.3. The second-order valence-corrected chi connectivity index (χ2v) is 4.54. The van der Waals surface area contributed by atoms with Gasteiger partial charge in [0.2, 0.25) is 0 Å². The fourth-order valence-electron chi connectivity index (χ4n) is 2.03. The first-order valence-corrected chi connectivity index (χ1v) is 6.38. The molecule has 0 spiro atoms. The van der Waals surface area contributed by atoms with Gasteiger partial charge in [-0.3, -0.25) is 5.01 Å². The van der Waals surface area contributed by atoms with Crippen molar-refractivity contribution >= 4 is 12.2 Å². The van der Waals surface area contributed by atoms with E-state index in [2.05, 4.69) is 10.1 Å². The Morgan fingerprint density at radius 3 is 2.28 bits per heavy atom. The molecule has 1 aliphatic heterocycles. The molecule has 1 fully saturated rings. The summed E-state index contributed by atoms with van der Waals surface area (Å²) in [4.78, 5) is 10.7. The molecular weight excluding hydrogens is 228 g/mol. The molecule has 1 N–H and O–H groups in total. The van der Waals surface area contributed by atoms with Gasteiger partial charge in [0, 0.05) is 13.1 Å². The van der Waals surface area contributed by atoms with Gasteiger partial charge < -0.3 is 5.11 Å². The number of carboxylic acids is 1. The van der Waals surface area contributed by atoms with Crippen LogP contribution < -0.4 is 0 Å². The van der Waals surface area contributed by atoms with Crippen molar-refractivity contribution in [2.45, 2.75) is 25.7 Å². The molecule has 1 aromatic rings. The van der Waals surface area contributed by atoms with Gasteiger partial charge in [0.25, 0.3) is 0 Å². The lowest BCUT2D eigenvalue weighted by atomic mass is 10.1. The SMILES string of the molecule is O=C(O)c1ccc(/C=N/N2CCCCCC2)cc1. The monoisotopic (exact) mass is 246 g/mol. The average Bonchev–Trinajstić information content (AvgIpc) is 2.65. The molecule has 0 radical (unpaired) electrons. The Balaban J connectivity index is 1.97. The number of carboxylic acid groups (broad SMARTS) is 1. The first-order chi connectivity index (χ1) is 8.75. The molecule has 0 atom stereocenters. The molecule has 1 heterocycles. The maximum absolute atomic E-state index is 10.7. The van der Waals surface area contributed by atoms with Gasteiger partial charge in [-0.2, -0.15) is 5.10 Å². The third-order valence-electron chi connectivity index (χ3n) is 3.11. The summed E-state index contributed by atoms with van der Waals surface area (Å²) in [5.41, 5.74) is 1.24. The Hall–Kier alpha value is -1.84. The van der Waals surface area contributed by atoms with Gasteiger partial charge in [0.15, 0.2) is 0 Å². The minimum atomic E-state index is -0.897.